The molecule has 1 atom stereocenters. The Balaban J connectivity index is 0.00000256. The molecule has 0 saturated heterocycles. The summed E-state index contributed by atoms with van der Waals surface area (Å²) < 4.78 is 36.3. The van der Waals surface area contributed by atoms with E-state index in [1.165, 1.54) is 24.3 Å². The SMILES string of the molecule is C=C[C@@H](N)c1cc(SC(F)(F)F)ccc1O.Cl. The van der Waals surface area contributed by atoms with Gasteiger partial charge in [0.1, 0.15) is 5.75 Å². The Morgan fingerprint density at radius 2 is 2.00 bits per heavy atom. The quantitative estimate of drug-likeness (QED) is 0.659. The van der Waals surface area contributed by atoms with Gasteiger partial charge in [-0.3, -0.25) is 0 Å². The van der Waals surface area contributed by atoms with Gasteiger partial charge in [0, 0.05) is 10.5 Å². The van der Waals surface area contributed by atoms with E-state index in [2.05, 4.69) is 6.58 Å². The second kappa shape index (κ2) is 6.18. The number of benzene rings is 1. The molecule has 96 valence electrons. The number of hydrogen-bond acceptors (Lipinski definition) is 3. The number of halogens is 4. The molecular formula is C10H11ClF3NOS. The van der Waals surface area contributed by atoms with E-state index in [4.69, 9.17) is 5.73 Å². The molecular weight excluding hydrogens is 275 g/mol. The van der Waals surface area contributed by atoms with Crippen LogP contribution in [-0.4, -0.2) is 10.6 Å². The van der Waals surface area contributed by atoms with Gasteiger partial charge in [-0.25, -0.2) is 0 Å². The van der Waals surface area contributed by atoms with Gasteiger partial charge < -0.3 is 10.8 Å². The van der Waals surface area contributed by atoms with Crippen LogP contribution in [0.4, 0.5) is 13.2 Å². The van der Waals surface area contributed by atoms with Crippen molar-refractivity contribution in [2.24, 2.45) is 5.73 Å². The van der Waals surface area contributed by atoms with Crippen molar-refractivity contribution < 1.29 is 18.3 Å². The van der Waals surface area contributed by atoms with E-state index in [1.807, 2.05) is 0 Å². The summed E-state index contributed by atoms with van der Waals surface area (Å²) in [6.45, 7) is 3.42. The Hall–Kier alpha value is -0.850. The lowest BCUT2D eigenvalue weighted by atomic mass is 10.1. The van der Waals surface area contributed by atoms with Gasteiger partial charge in [0.15, 0.2) is 0 Å². The number of nitrogens with two attached hydrogens (primary N) is 1. The minimum absolute atomic E-state index is 0. The van der Waals surface area contributed by atoms with E-state index < -0.39 is 11.6 Å². The molecule has 0 spiro atoms. The Kier molecular flexibility index (Phi) is 5.87. The Labute approximate surface area is 107 Å². The number of phenolic OH excluding ortho intramolecular Hbond substituents is 1. The second-order valence-corrected chi connectivity index (χ2v) is 4.17. The first-order valence-electron chi connectivity index (χ1n) is 4.30. The zero-order valence-corrected chi connectivity index (χ0v) is 10.2. The van der Waals surface area contributed by atoms with Crippen LogP contribution in [0.2, 0.25) is 0 Å². The maximum absolute atomic E-state index is 12.1. The lowest BCUT2D eigenvalue weighted by molar-refractivity contribution is -0.0328. The van der Waals surface area contributed by atoms with Crippen LogP contribution < -0.4 is 5.73 Å². The van der Waals surface area contributed by atoms with Crippen molar-refractivity contribution >= 4 is 24.2 Å². The van der Waals surface area contributed by atoms with Crippen LogP contribution in [0.25, 0.3) is 0 Å². The molecule has 2 nitrogen and oxygen atoms in total. The first kappa shape index (κ1) is 16.1. The van der Waals surface area contributed by atoms with E-state index in [9.17, 15) is 18.3 Å². The fourth-order valence-corrected chi connectivity index (χ4v) is 1.71. The molecule has 0 aliphatic heterocycles. The van der Waals surface area contributed by atoms with E-state index >= 15 is 0 Å². The molecule has 0 aliphatic carbocycles. The van der Waals surface area contributed by atoms with Crippen LogP contribution in [0.15, 0.2) is 35.7 Å². The Morgan fingerprint density at radius 1 is 1.41 bits per heavy atom. The largest absolute Gasteiger partial charge is 0.508 e. The Morgan fingerprint density at radius 3 is 2.47 bits per heavy atom. The summed E-state index contributed by atoms with van der Waals surface area (Å²) in [6.07, 6.45) is 1.34. The molecule has 0 saturated carbocycles. The monoisotopic (exact) mass is 285 g/mol. The smallest absolute Gasteiger partial charge is 0.446 e. The van der Waals surface area contributed by atoms with E-state index in [-0.39, 0.29) is 40.4 Å². The summed E-state index contributed by atoms with van der Waals surface area (Å²) >= 11 is -0.249. The van der Waals surface area contributed by atoms with Gasteiger partial charge in [-0.05, 0) is 30.0 Å². The van der Waals surface area contributed by atoms with E-state index in [0.29, 0.717) is 0 Å². The molecule has 1 aromatic rings. The molecule has 0 unspecified atom stereocenters. The summed E-state index contributed by atoms with van der Waals surface area (Å²) in [4.78, 5) is -0.0161. The minimum atomic E-state index is -4.35. The van der Waals surface area contributed by atoms with Crippen LogP contribution in [0.5, 0.6) is 5.75 Å². The molecule has 0 amide bonds. The lowest BCUT2D eigenvalue weighted by Gasteiger charge is -2.12. The highest BCUT2D eigenvalue weighted by Crippen LogP contribution is 2.39. The zero-order chi connectivity index (χ0) is 12.3. The fraction of sp³-hybridized carbons (Fsp3) is 0.200. The van der Waals surface area contributed by atoms with Crippen molar-refractivity contribution in [3.05, 3.63) is 36.4 Å². The molecule has 17 heavy (non-hydrogen) atoms. The highest BCUT2D eigenvalue weighted by atomic mass is 35.5. The fourth-order valence-electron chi connectivity index (χ4n) is 1.12. The van der Waals surface area contributed by atoms with Crippen molar-refractivity contribution in [2.75, 3.05) is 0 Å². The van der Waals surface area contributed by atoms with Crippen LogP contribution >= 0.6 is 24.2 Å². The first-order valence-corrected chi connectivity index (χ1v) is 5.12. The molecule has 1 aromatic carbocycles. The molecule has 0 heterocycles. The number of rotatable bonds is 3. The molecule has 0 aromatic heterocycles. The van der Waals surface area contributed by atoms with Crippen LogP contribution in [0.1, 0.15) is 11.6 Å². The topological polar surface area (TPSA) is 46.2 Å². The standard InChI is InChI=1S/C10H10F3NOS.ClH/c1-2-8(14)7-5-6(3-4-9(7)15)16-10(11,12)13;/h2-5,8,15H,1,14H2;1H/t8-;/m1./s1. The van der Waals surface area contributed by atoms with Gasteiger partial charge in [-0.2, -0.15) is 13.2 Å². The molecule has 0 bridgehead atoms. The molecule has 7 heteroatoms. The average molecular weight is 286 g/mol. The highest BCUT2D eigenvalue weighted by molar-refractivity contribution is 8.00. The van der Waals surface area contributed by atoms with Crippen LogP contribution in [0, 0.1) is 0 Å². The van der Waals surface area contributed by atoms with Crippen molar-refractivity contribution in [1.82, 2.24) is 0 Å². The molecule has 0 aliphatic rings. The second-order valence-electron chi connectivity index (χ2n) is 3.03. The van der Waals surface area contributed by atoms with Crippen molar-refractivity contribution in [3.63, 3.8) is 0 Å². The number of alkyl halides is 3. The molecule has 0 fully saturated rings. The summed E-state index contributed by atoms with van der Waals surface area (Å²) in [5.41, 5.74) is 1.43. The predicted octanol–water partition coefficient (Wildman–Crippen LogP) is 3.61. The minimum Gasteiger partial charge on any atom is -0.508 e. The normalized spacial score (nSPS) is 12.7. The van der Waals surface area contributed by atoms with Crippen molar-refractivity contribution in [1.29, 1.82) is 0 Å². The Bertz CT molecular complexity index is 398. The number of aromatic hydroxyl groups is 1. The summed E-state index contributed by atoms with van der Waals surface area (Å²) in [6, 6.07) is 2.90. The first-order chi connectivity index (χ1) is 7.33. The van der Waals surface area contributed by atoms with Gasteiger partial charge in [-0.1, -0.05) is 6.08 Å². The van der Waals surface area contributed by atoms with Gasteiger partial charge in [0.2, 0.25) is 0 Å². The van der Waals surface area contributed by atoms with Gasteiger partial charge in [0.05, 0.1) is 6.04 Å². The highest BCUT2D eigenvalue weighted by Gasteiger charge is 2.29. The van der Waals surface area contributed by atoms with Crippen LogP contribution in [-0.2, 0) is 0 Å². The van der Waals surface area contributed by atoms with Gasteiger partial charge >= 0.3 is 5.51 Å². The van der Waals surface area contributed by atoms with Crippen molar-refractivity contribution in [3.8, 4) is 5.75 Å². The summed E-state index contributed by atoms with van der Waals surface area (Å²) in [5.74, 6) is -0.140. The lowest BCUT2D eigenvalue weighted by Crippen LogP contribution is -2.07. The van der Waals surface area contributed by atoms with Crippen LogP contribution in [0.3, 0.4) is 0 Å². The number of hydrogen-bond donors (Lipinski definition) is 2. The molecule has 1 rings (SSSR count). The number of phenols is 1. The predicted molar refractivity (Wildman–Crippen MR) is 64.4 cm³/mol. The third-order valence-electron chi connectivity index (χ3n) is 1.85. The van der Waals surface area contributed by atoms with Crippen molar-refractivity contribution in [2.45, 2.75) is 16.4 Å². The average Bonchev–Trinajstić information content (AvgIpc) is 2.18. The van der Waals surface area contributed by atoms with Gasteiger partial charge in [0.25, 0.3) is 0 Å². The maximum atomic E-state index is 12.1. The van der Waals surface area contributed by atoms with E-state index in [1.54, 1.807) is 0 Å². The third kappa shape index (κ3) is 4.89. The summed E-state index contributed by atoms with van der Waals surface area (Å²) in [7, 11) is 0. The van der Waals surface area contributed by atoms with E-state index in [0.717, 1.165) is 0 Å². The molecule has 3 N–H and O–H groups in total. The summed E-state index contributed by atoms with van der Waals surface area (Å²) in [5, 5.41) is 9.42. The molecule has 0 radical (unpaired) electrons. The number of thioether (sulfide) groups is 1. The third-order valence-corrected chi connectivity index (χ3v) is 2.57. The maximum Gasteiger partial charge on any atom is 0.446 e. The van der Waals surface area contributed by atoms with Gasteiger partial charge in [-0.15, -0.1) is 19.0 Å². The zero-order valence-electron chi connectivity index (χ0n) is 8.57.